The predicted octanol–water partition coefficient (Wildman–Crippen LogP) is 4.22. The van der Waals surface area contributed by atoms with Gasteiger partial charge in [0.2, 0.25) is 0 Å². The van der Waals surface area contributed by atoms with E-state index in [0.717, 1.165) is 16.9 Å². The van der Waals surface area contributed by atoms with Crippen LogP contribution in [0.2, 0.25) is 5.02 Å². The highest BCUT2D eigenvalue weighted by Gasteiger charge is 2.19. The van der Waals surface area contributed by atoms with Gasteiger partial charge in [0.1, 0.15) is 9.88 Å². The van der Waals surface area contributed by atoms with E-state index < -0.39 is 5.97 Å². The molecule has 0 saturated heterocycles. The van der Waals surface area contributed by atoms with Crippen LogP contribution in [-0.2, 0) is 0 Å². The molecule has 0 aliphatic carbocycles. The quantitative estimate of drug-likeness (QED) is 0.785. The molecule has 6 heteroatoms. The van der Waals surface area contributed by atoms with Crippen molar-refractivity contribution in [1.82, 2.24) is 9.97 Å². The fourth-order valence-corrected chi connectivity index (χ4v) is 3.02. The van der Waals surface area contributed by atoms with Crippen molar-refractivity contribution in [1.29, 1.82) is 0 Å². The third kappa shape index (κ3) is 2.79. The van der Waals surface area contributed by atoms with Gasteiger partial charge in [-0.05, 0) is 24.3 Å². The lowest BCUT2D eigenvalue weighted by Gasteiger charge is -1.99. The third-order valence-corrected chi connectivity index (χ3v) is 4.16. The molecule has 2 heterocycles. The number of halogens is 1. The maximum absolute atomic E-state index is 11.4. The third-order valence-electron chi connectivity index (χ3n) is 2.83. The summed E-state index contributed by atoms with van der Waals surface area (Å²) in [5.74, 6) is -1.00. The van der Waals surface area contributed by atoms with Crippen LogP contribution in [0.1, 0.15) is 9.67 Å². The van der Waals surface area contributed by atoms with Gasteiger partial charge in [-0.1, -0.05) is 23.7 Å². The number of carboxylic acid groups (broad SMARTS) is 1. The van der Waals surface area contributed by atoms with E-state index in [2.05, 4.69) is 9.97 Å². The van der Waals surface area contributed by atoms with Gasteiger partial charge in [-0.3, -0.25) is 4.98 Å². The van der Waals surface area contributed by atoms with E-state index in [1.807, 2.05) is 6.07 Å². The molecule has 0 unspecified atom stereocenters. The first-order chi connectivity index (χ1) is 10.1. The summed E-state index contributed by atoms with van der Waals surface area (Å²) in [4.78, 5) is 20.1. The topological polar surface area (TPSA) is 63.1 Å². The van der Waals surface area contributed by atoms with Gasteiger partial charge in [0, 0.05) is 28.5 Å². The van der Waals surface area contributed by atoms with Crippen LogP contribution in [-0.4, -0.2) is 21.0 Å². The van der Waals surface area contributed by atoms with E-state index >= 15 is 0 Å². The van der Waals surface area contributed by atoms with E-state index in [0.29, 0.717) is 21.3 Å². The van der Waals surface area contributed by atoms with Crippen molar-refractivity contribution in [2.75, 3.05) is 0 Å². The number of aromatic carboxylic acids is 1. The Bertz CT molecular complexity index is 802. The summed E-state index contributed by atoms with van der Waals surface area (Å²) in [7, 11) is 0. The lowest BCUT2D eigenvalue weighted by Crippen LogP contribution is -1.95. The van der Waals surface area contributed by atoms with Gasteiger partial charge in [0.15, 0.2) is 0 Å². The van der Waals surface area contributed by atoms with E-state index in [9.17, 15) is 9.90 Å². The zero-order chi connectivity index (χ0) is 14.8. The molecule has 104 valence electrons. The highest BCUT2D eigenvalue weighted by molar-refractivity contribution is 7.17. The van der Waals surface area contributed by atoms with Crippen LogP contribution >= 0.6 is 22.9 Å². The minimum absolute atomic E-state index is 0.191. The summed E-state index contributed by atoms with van der Waals surface area (Å²) in [6.07, 6.45) is 3.32. The molecule has 0 bridgehead atoms. The molecule has 0 aliphatic rings. The van der Waals surface area contributed by atoms with Gasteiger partial charge >= 0.3 is 5.97 Å². The van der Waals surface area contributed by atoms with Gasteiger partial charge in [0.25, 0.3) is 0 Å². The van der Waals surface area contributed by atoms with Gasteiger partial charge < -0.3 is 5.11 Å². The SMILES string of the molecule is O=C(O)c1sc(-c2cccnc2)nc1-c1cccc(Cl)c1. The second-order valence-corrected chi connectivity index (χ2v) is 5.69. The lowest BCUT2D eigenvalue weighted by molar-refractivity contribution is 0.0702. The molecule has 1 aromatic carbocycles. The Morgan fingerprint density at radius 1 is 1.19 bits per heavy atom. The summed E-state index contributed by atoms with van der Waals surface area (Å²) < 4.78 is 0. The Balaban J connectivity index is 2.16. The molecule has 0 radical (unpaired) electrons. The van der Waals surface area contributed by atoms with Crippen LogP contribution in [0.5, 0.6) is 0 Å². The minimum atomic E-state index is -1.00. The molecule has 2 aromatic heterocycles. The average molecular weight is 317 g/mol. The molecule has 0 saturated carbocycles. The summed E-state index contributed by atoms with van der Waals surface area (Å²) in [5, 5.41) is 10.5. The number of benzene rings is 1. The van der Waals surface area contributed by atoms with Crippen LogP contribution in [0.4, 0.5) is 0 Å². The Kier molecular flexibility index (Phi) is 3.68. The molecule has 3 rings (SSSR count). The Hall–Kier alpha value is -2.24. The molecule has 21 heavy (non-hydrogen) atoms. The Morgan fingerprint density at radius 3 is 2.67 bits per heavy atom. The van der Waals surface area contributed by atoms with Crippen LogP contribution < -0.4 is 0 Å². The molecule has 0 fully saturated rings. The fourth-order valence-electron chi connectivity index (χ4n) is 1.91. The zero-order valence-electron chi connectivity index (χ0n) is 10.7. The molecule has 4 nitrogen and oxygen atoms in total. The molecule has 0 spiro atoms. The highest BCUT2D eigenvalue weighted by Crippen LogP contribution is 2.34. The minimum Gasteiger partial charge on any atom is -0.477 e. The summed E-state index contributed by atoms with van der Waals surface area (Å²) in [6.45, 7) is 0. The summed E-state index contributed by atoms with van der Waals surface area (Å²) >= 11 is 7.10. The van der Waals surface area contributed by atoms with E-state index in [4.69, 9.17) is 11.6 Å². The number of hydrogen-bond acceptors (Lipinski definition) is 4. The number of rotatable bonds is 3. The molecular weight excluding hydrogens is 308 g/mol. The van der Waals surface area contributed by atoms with Gasteiger partial charge in [-0.25, -0.2) is 9.78 Å². The summed E-state index contributed by atoms with van der Waals surface area (Å²) in [6, 6.07) is 10.6. The number of carbonyl (C=O) groups is 1. The first-order valence-electron chi connectivity index (χ1n) is 6.05. The van der Waals surface area contributed by atoms with E-state index in [-0.39, 0.29) is 4.88 Å². The number of aromatic nitrogens is 2. The van der Waals surface area contributed by atoms with Crippen molar-refractivity contribution in [3.8, 4) is 21.8 Å². The highest BCUT2D eigenvalue weighted by atomic mass is 35.5. The van der Waals surface area contributed by atoms with Crippen molar-refractivity contribution in [2.45, 2.75) is 0 Å². The Morgan fingerprint density at radius 2 is 2.00 bits per heavy atom. The van der Waals surface area contributed by atoms with Gasteiger partial charge in [-0.15, -0.1) is 11.3 Å². The summed E-state index contributed by atoms with van der Waals surface area (Å²) in [5.41, 5.74) is 1.90. The number of nitrogens with zero attached hydrogens (tertiary/aromatic N) is 2. The lowest BCUT2D eigenvalue weighted by atomic mass is 10.1. The second kappa shape index (κ2) is 5.63. The predicted molar refractivity (Wildman–Crippen MR) is 82.8 cm³/mol. The maximum Gasteiger partial charge on any atom is 0.348 e. The van der Waals surface area contributed by atoms with Crippen molar-refractivity contribution in [3.05, 3.63) is 58.7 Å². The first-order valence-corrected chi connectivity index (χ1v) is 7.25. The number of pyridine rings is 1. The average Bonchev–Trinajstić information content (AvgIpc) is 2.93. The van der Waals surface area contributed by atoms with Crippen LogP contribution in [0.25, 0.3) is 21.8 Å². The van der Waals surface area contributed by atoms with Gasteiger partial charge in [-0.2, -0.15) is 0 Å². The normalized spacial score (nSPS) is 10.5. The van der Waals surface area contributed by atoms with Crippen molar-refractivity contribution >= 4 is 28.9 Å². The zero-order valence-corrected chi connectivity index (χ0v) is 12.2. The van der Waals surface area contributed by atoms with Crippen LogP contribution in [0.3, 0.4) is 0 Å². The van der Waals surface area contributed by atoms with E-state index in [1.54, 1.807) is 42.7 Å². The largest absolute Gasteiger partial charge is 0.477 e. The molecule has 3 aromatic rings. The molecule has 1 N–H and O–H groups in total. The van der Waals surface area contributed by atoms with Gasteiger partial charge in [0.05, 0.1) is 5.69 Å². The first kappa shape index (κ1) is 13.7. The molecular formula is C15H9ClN2O2S. The number of carboxylic acids is 1. The molecule has 0 aliphatic heterocycles. The second-order valence-electron chi connectivity index (χ2n) is 4.25. The number of thiazole rings is 1. The monoisotopic (exact) mass is 316 g/mol. The number of hydrogen-bond donors (Lipinski definition) is 1. The molecule has 0 atom stereocenters. The maximum atomic E-state index is 11.4. The fraction of sp³-hybridized carbons (Fsp3) is 0. The van der Waals surface area contributed by atoms with Crippen LogP contribution in [0, 0.1) is 0 Å². The Labute approximate surface area is 129 Å². The smallest absolute Gasteiger partial charge is 0.348 e. The van der Waals surface area contributed by atoms with Crippen molar-refractivity contribution in [3.63, 3.8) is 0 Å². The van der Waals surface area contributed by atoms with Crippen molar-refractivity contribution in [2.24, 2.45) is 0 Å². The van der Waals surface area contributed by atoms with Crippen molar-refractivity contribution < 1.29 is 9.90 Å². The standard InChI is InChI=1S/C15H9ClN2O2S/c16-11-5-1-3-9(7-11)12-13(15(19)20)21-14(18-12)10-4-2-6-17-8-10/h1-8H,(H,19,20). The van der Waals surface area contributed by atoms with Crippen LogP contribution in [0.15, 0.2) is 48.8 Å². The van der Waals surface area contributed by atoms with E-state index in [1.165, 1.54) is 0 Å². The molecule has 0 amide bonds.